The third-order valence-electron chi connectivity index (χ3n) is 8.77. The molecule has 3 aliphatic rings. The van der Waals surface area contributed by atoms with Gasteiger partial charge in [0.15, 0.2) is 6.17 Å². The van der Waals surface area contributed by atoms with Crippen LogP contribution < -0.4 is 16.4 Å². The van der Waals surface area contributed by atoms with Crippen LogP contribution in [0.4, 0.5) is 0 Å². The van der Waals surface area contributed by atoms with E-state index in [1.54, 1.807) is 11.9 Å². The highest BCUT2D eigenvalue weighted by atomic mass is 16.5. The van der Waals surface area contributed by atoms with Gasteiger partial charge in [0.1, 0.15) is 17.5 Å². The van der Waals surface area contributed by atoms with E-state index in [1.165, 1.54) is 11.4 Å². The maximum atomic E-state index is 12.2. The zero-order valence-electron chi connectivity index (χ0n) is 26.1. The van der Waals surface area contributed by atoms with Crippen LogP contribution in [0.2, 0.25) is 0 Å². The molecule has 1 fully saturated rings. The molecule has 0 saturated carbocycles. The summed E-state index contributed by atoms with van der Waals surface area (Å²) in [5.41, 5.74) is 9.17. The van der Waals surface area contributed by atoms with Crippen molar-refractivity contribution in [1.82, 2.24) is 40.1 Å². The average molecular weight is 593 g/mol. The quantitative estimate of drug-likeness (QED) is 0.251. The minimum absolute atomic E-state index is 0.336. The number of piperidine rings is 1. The summed E-state index contributed by atoms with van der Waals surface area (Å²) in [4.78, 5) is 23.4. The van der Waals surface area contributed by atoms with Crippen molar-refractivity contribution in [3.8, 4) is 0 Å². The van der Waals surface area contributed by atoms with Crippen molar-refractivity contribution in [3.63, 3.8) is 0 Å². The molecule has 12 nitrogen and oxygen atoms in total. The van der Waals surface area contributed by atoms with Gasteiger partial charge in [-0.3, -0.25) is 19.9 Å². The summed E-state index contributed by atoms with van der Waals surface area (Å²) in [7, 11) is 1.77. The Morgan fingerprint density at radius 1 is 1.14 bits per heavy atom. The number of benzene rings is 1. The molecule has 4 heterocycles. The number of likely N-dealkylation sites (tertiary alicyclic amines) is 1. The van der Waals surface area contributed by atoms with Gasteiger partial charge < -0.3 is 25.3 Å². The number of likely N-dealkylation sites (N-methyl/N-ethyl adjacent to an activating group) is 1. The highest BCUT2D eigenvalue weighted by Gasteiger charge is 2.30. The van der Waals surface area contributed by atoms with Gasteiger partial charge in [-0.05, 0) is 57.3 Å². The maximum Gasteiger partial charge on any atom is 0.292 e. The first-order valence-electron chi connectivity index (χ1n) is 15.7. The molecule has 0 aliphatic carbocycles. The molecule has 1 atom stereocenters. The van der Waals surface area contributed by atoms with Crippen LogP contribution in [0.5, 0.6) is 0 Å². The van der Waals surface area contributed by atoms with E-state index in [0.717, 1.165) is 82.7 Å². The molecule has 0 spiro atoms. The fraction of sp³-hybridized carbons (Fsp3) is 0.613. The van der Waals surface area contributed by atoms with Crippen molar-refractivity contribution in [2.75, 3.05) is 33.3 Å². The molecule has 2 aromatic rings. The fourth-order valence-electron chi connectivity index (χ4n) is 6.11. The highest BCUT2D eigenvalue weighted by molar-refractivity contribution is 5.77. The minimum Gasteiger partial charge on any atom is -0.465 e. The number of unbranched alkanes of at least 4 members (excludes halogenated alkanes) is 1. The van der Waals surface area contributed by atoms with Crippen LogP contribution in [0.25, 0.3) is 0 Å². The van der Waals surface area contributed by atoms with Gasteiger partial charge in [-0.1, -0.05) is 37.6 Å². The number of aromatic nitrogens is 3. The molecule has 1 unspecified atom stereocenters. The van der Waals surface area contributed by atoms with Crippen molar-refractivity contribution < 1.29 is 9.53 Å². The number of carbonyl (C=O) groups is 1. The summed E-state index contributed by atoms with van der Waals surface area (Å²) in [5.74, 6) is 3.17. The lowest BCUT2D eigenvalue weighted by Crippen LogP contribution is -2.47. The van der Waals surface area contributed by atoms with E-state index in [9.17, 15) is 4.79 Å². The molecule has 234 valence electrons. The van der Waals surface area contributed by atoms with E-state index < -0.39 is 6.17 Å². The maximum absolute atomic E-state index is 12.2. The van der Waals surface area contributed by atoms with Crippen LogP contribution in [0.3, 0.4) is 0 Å². The number of nitrogens with two attached hydrogens (primary N) is 1. The van der Waals surface area contributed by atoms with Crippen molar-refractivity contribution >= 4 is 12.4 Å². The van der Waals surface area contributed by atoms with Gasteiger partial charge in [0.05, 0.1) is 18.8 Å². The number of amidine groups is 1. The Balaban J connectivity index is 1.15. The lowest BCUT2D eigenvalue weighted by molar-refractivity contribution is -0.120. The molecular formula is C31H48N10O2. The first-order valence-corrected chi connectivity index (χ1v) is 15.7. The Kier molecular flexibility index (Phi) is 10.2. The van der Waals surface area contributed by atoms with Gasteiger partial charge in [-0.2, -0.15) is 0 Å². The van der Waals surface area contributed by atoms with Crippen molar-refractivity contribution in [1.29, 1.82) is 0 Å². The van der Waals surface area contributed by atoms with E-state index in [0.29, 0.717) is 42.7 Å². The number of ether oxygens (including phenoxy) is 1. The van der Waals surface area contributed by atoms with E-state index in [4.69, 9.17) is 10.5 Å². The van der Waals surface area contributed by atoms with Crippen LogP contribution in [0, 0.1) is 0 Å². The molecule has 5 rings (SSSR count). The first-order chi connectivity index (χ1) is 20.9. The Morgan fingerprint density at radius 3 is 2.56 bits per heavy atom. The van der Waals surface area contributed by atoms with Crippen LogP contribution in [0.1, 0.15) is 75.1 Å². The van der Waals surface area contributed by atoms with Crippen molar-refractivity contribution in [3.05, 3.63) is 58.6 Å². The molecule has 0 bridgehead atoms. The molecule has 12 heteroatoms. The van der Waals surface area contributed by atoms with Crippen LogP contribution >= 0.6 is 0 Å². The van der Waals surface area contributed by atoms with Gasteiger partial charge >= 0.3 is 0 Å². The topological polar surface area (TPSA) is 129 Å². The van der Waals surface area contributed by atoms with Gasteiger partial charge in [-0.25, -0.2) is 4.99 Å². The number of amides is 1. The summed E-state index contributed by atoms with van der Waals surface area (Å²) in [6, 6.07) is 9.38. The van der Waals surface area contributed by atoms with Gasteiger partial charge in [0.25, 0.3) is 6.02 Å². The van der Waals surface area contributed by atoms with Gasteiger partial charge in [-0.15, -0.1) is 10.2 Å². The lowest BCUT2D eigenvalue weighted by atomic mass is 9.95. The molecule has 3 aliphatic heterocycles. The molecule has 4 N–H and O–H groups in total. The second-order valence-electron chi connectivity index (χ2n) is 12.0. The molecule has 43 heavy (non-hydrogen) atoms. The second-order valence-corrected chi connectivity index (χ2v) is 12.0. The zero-order valence-corrected chi connectivity index (χ0v) is 26.1. The summed E-state index contributed by atoms with van der Waals surface area (Å²) < 4.78 is 8.13. The third-order valence-corrected chi connectivity index (χ3v) is 8.77. The number of nitrogens with zero attached hydrogens (tertiary/aromatic N) is 7. The minimum atomic E-state index is -0.591. The Morgan fingerprint density at radius 2 is 1.88 bits per heavy atom. The normalized spacial score (nSPS) is 20.0. The second kappa shape index (κ2) is 14.2. The predicted octanol–water partition coefficient (Wildman–Crippen LogP) is 2.29. The molecular weight excluding hydrogens is 544 g/mol. The number of hydrogen-bond donors (Lipinski definition) is 3. The van der Waals surface area contributed by atoms with E-state index in [1.807, 2.05) is 0 Å². The summed E-state index contributed by atoms with van der Waals surface area (Å²) in [6.45, 7) is 13.5. The molecule has 1 amide bonds. The van der Waals surface area contributed by atoms with Gasteiger partial charge in [0, 0.05) is 45.2 Å². The monoisotopic (exact) mass is 592 g/mol. The number of rotatable bonds is 12. The number of carbonyl (C=O) groups excluding carboxylic acids is 1. The number of fused-ring (bicyclic) bond motifs is 1. The smallest absolute Gasteiger partial charge is 0.292 e. The van der Waals surface area contributed by atoms with Gasteiger partial charge in [0.2, 0.25) is 6.41 Å². The fourth-order valence-corrected chi connectivity index (χ4v) is 6.11. The molecule has 1 aromatic heterocycles. The summed E-state index contributed by atoms with van der Waals surface area (Å²) >= 11 is 0. The summed E-state index contributed by atoms with van der Waals surface area (Å²) in [6.07, 6.45) is 4.36. The van der Waals surface area contributed by atoms with E-state index in [2.05, 4.69) is 85.2 Å². The SMILES string of the molecule is CCCCOC1=NC(N(C=O)Cc2ccc(CN3CCC(c4nnc5n4CCN(C(C)C)C5)CC3)cc2)C(NC)=C(N)N1. The lowest BCUT2D eigenvalue weighted by Gasteiger charge is -2.34. The standard InChI is InChI=1S/C31H48N10O2/c1-5-6-17-43-31-34-28(32)27(33-4)30(35-31)40(21-42)19-24-9-7-23(8-10-24)18-38-13-11-25(12-14-38)29-37-36-26-20-39(22(2)3)15-16-41(26)29/h7-10,21-22,25,30,33H,5-6,11-20,32H2,1-4H3,(H,34,35). The number of aliphatic imine (C=N–C) groups is 1. The highest BCUT2D eigenvalue weighted by Crippen LogP contribution is 2.29. The molecule has 1 aromatic carbocycles. The van der Waals surface area contributed by atoms with E-state index >= 15 is 0 Å². The number of hydrogen-bond acceptors (Lipinski definition) is 10. The zero-order chi connectivity index (χ0) is 30.3. The predicted molar refractivity (Wildman–Crippen MR) is 166 cm³/mol. The summed E-state index contributed by atoms with van der Waals surface area (Å²) in [5, 5.41) is 15.3. The Labute approximate surface area is 255 Å². The van der Waals surface area contributed by atoms with Crippen molar-refractivity contribution in [2.24, 2.45) is 10.7 Å². The van der Waals surface area contributed by atoms with Crippen LogP contribution in [0.15, 0.2) is 40.8 Å². The first kappa shape index (κ1) is 30.8. The Hall–Kier alpha value is -3.64. The van der Waals surface area contributed by atoms with Crippen LogP contribution in [-0.2, 0) is 35.7 Å². The Bertz CT molecular complexity index is 1280. The molecule has 0 radical (unpaired) electrons. The van der Waals surface area contributed by atoms with Crippen molar-refractivity contribution in [2.45, 2.75) is 90.8 Å². The largest absolute Gasteiger partial charge is 0.465 e. The third kappa shape index (κ3) is 7.30. The van der Waals surface area contributed by atoms with E-state index in [-0.39, 0.29) is 0 Å². The molecule has 1 saturated heterocycles. The number of nitrogens with one attached hydrogen (secondary N) is 2. The van der Waals surface area contributed by atoms with Crippen LogP contribution in [-0.4, -0.2) is 87.4 Å². The average Bonchev–Trinajstić information content (AvgIpc) is 3.44.